The van der Waals surface area contributed by atoms with E-state index in [2.05, 4.69) is 0 Å². The molecule has 1 heterocycles. The van der Waals surface area contributed by atoms with Gasteiger partial charge in [0.1, 0.15) is 18.0 Å². The Bertz CT molecular complexity index is 501. The number of aliphatic hydroxyl groups excluding tert-OH is 1. The maximum absolute atomic E-state index is 11.3. The van der Waals surface area contributed by atoms with Gasteiger partial charge in [0.15, 0.2) is 9.84 Å². The van der Waals surface area contributed by atoms with E-state index in [4.69, 9.17) is 4.74 Å². The van der Waals surface area contributed by atoms with Crippen LogP contribution in [-0.4, -0.2) is 37.2 Å². The van der Waals surface area contributed by atoms with Gasteiger partial charge in [-0.3, -0.25) is 0 Å². The highest BCUT2D eigenvalue weighted by Crippen LogP contribution is 2.22. The average molecular weight is 256 g/mol. The van der Waals surface area contributed by atoms with Gasteiger partial charge in [-0.15, -0.1) is 0 Å². The van der Waals surface area contributed by atoms with E-state index in [-0.39, 0.29) is 11.5 Å². The van der Waals surface area contributed by atoms with E-state index in [0.717, 1.165) is 11.1 Å². The van der Waals surface area contributed by atoms with Crippen molar-refractivity contribution in [2.45, 2.75) is 26.1 Å². The first kappa shape index (κ1) is 12.4. The fraction of sp³-hybridized carbons (Fsp3) is 0.500. The number of aliphatic hydroxyl groups is 1. The molecule has 94 valence electrons. The van der Waals surface area contributed by atoms with Crippen LogP contribution < -0.4 is 4.74 Å². The van der Waals surface area contributed by atoms with Gasteiger partial charge in [-0.2, -0.15) is 0 Å². The first-order valence-electron chi connectivity index (χ1n) is 5.49. The van der Waals surface area contributed by atoms with Crippen LogP contribution in [0.3, 0.4) is 0 Å². The van der Waals surface area contributed by atoms with Crippen LogP contribution in [0.1, 0.15) is 11.1 Å². The Hall–Kier alpha value is -1.07. The lowest BCUT2D eigenvalue weighted by atomic mass is 10.1. The van der Waals surface area contributed by atoms with Gasteiger partial charge < -0.3 is 9.84 Å². The number of hydrogen-bond acceptors (Lipinski definition) is 4. The Morgan fingerprint density at radius 3 is 2.24 bits per heavy atom. The molecule has 0 radical (unpaired) electrons. The number of rotatable bonds is 2. The second kappa shape index (κ2) is 4.31. The number of benzene rings is 1. The van der Waals surface area contributed by atoms with Crippen molar-refractivity contribution in [1.82, 2.24) is 0 Å². The molecule has 1 aliphatic heterocycles. The van der Waals surface area contributed by atoms with Gasteiger partial charge in [-0.1, -0.05) is 6.07 Å². The Morgan fingerprint density at radius 1 is 1.18 bits per heavy atom. The van der Waals surface area contributed by atoms with E-state index in [9.17, 15) is 13.5 Å². The number of aryl methyl sites for hydroxylation is 2. The van der Waals surface area contributed by atoms with Crippen molar-refractivity contribution in [1.29, 1.82) is 0 Å². The standard InChI is InChI=1S/C12H16O4S/c1-8-3-9(2)5-10(4-8)16-12-7-17(14,15)6-11(12)13/h3-5,11-13H,6-7H2,1-2H3. The highest BCUT2D eigenvalue weighted by Gasteiger charge is 2.38. The monoisotopic (exact) mass is 256 g/mol. The average Bonchev–Trinajstić information content (AvgIpc) is 2.37. The molecule has 4 nitrogen and oxygen atoms in total. The molecule has 1 aliphatic rings. The zero-order chi connectivity index (χ0) is 12.6. The molecule has 2 rings (SSSR count). The van der Waals surface area contributed by atoms with E-state index < -0.39 is 22.0 Å². The Kier molecular flexibility index (Phi) is 3.14. The minimum atomic E-state index is -3.16. The molecule has 0 saturated carbocycles. The van der Waals surface area contributed by atoms with Gasteiger partial charge in [0.25, 0.3) is 0 Å². The summed E-state index contributed by atoms with van der Waals surface area (Å²) >= 11 is 0. The van der Waals surface area contributed by atoms with E-state index >= 15 is 0 Å². The molecular formula is C12H16O4S. The van der Waals surface area contributed by atoms with E-state index in [1.54, 1.807) is 0 Å². The molecule has 0 amide bonds. The van der Waals surface area contributed by atoms with Crippen LogP contribution in [0.4, 0.5) is 0 Å². The lowest BCUT2D eigenvalue weighted by Crippen LogP contribution is -2.29. The van der Waals surface area contributed by atoms with Crippen molar-refractivity contribution in [3.05, 3.63) is 29.3 Å². The van der Waals surface area contributed by atoms with Crippen LogP contribution in [0, 0.1) is 13.8 Å². The highest BCUT2D eigenvalue weighted by molar-refractivity contribution is 7.91. The van der Waals surface area contributed by atoms with Crippen LogP contribution in [0.2, 0.25) is 0 Å². The smallest absolute Gasteiger partial charge is 0.156 e. The molecule has 1 aromatic rings. The van der Waals surface area contributed by atoms with Crippen molar-refractivity contribution in [3.8, 4) is 5.75 Å². The summed E-state index contributed by atoms with van der Waals surface area (Å²) in [6, 6.07) is 5.68. The minimum absolute atomic E-state index is 0.110. The fourth-order valence-corrected chi connectivity index (χ4v) is 3.75. The summed E-state index contributed by atoms with van der Waals surface area (Å²) in [5, 5.41) is 9.62. The largest absolute Gasteiger partial charge is 0.487 e. The van der Waals surface area contributed by atoms with E-state index in [1.165, 1.54) is 0 Å². The molecule has 1 aromatic carbocycles. The molecule has 1 N–H and O–H groups in total. The van der Waals surface area contributed by atoms with Gasteiger partial charge >= 0.3 is 0 Å². The second-order valence-electron chi connectivity index (χ2n) is 4.62. The van der Waals surface area contributed by atoms with Crippen molar-refractivity contribution in [3.63, 3.8) is 0 Å². The molecular weight excluding hydrogens is 240 g/mol. The molecule has 0 aliphatic carbocycles. The third kappa shape index (κ3) is 2.98. The molecule has 17 heavy (non-hydrogen) atoms. The predicted octanol–water partition coefficient (Wildman–Crippen LogP) is 0.840. The maximum Gasteiger partial charge on any atom is 0.156 e. The molecule has 5 heteroatoms. The zero-order valence-corrected chi connectivity index (χ0v) is 10.7. The molecule has 0 aromatic heterocycles. The molecule has 1 saturated heterocycles. The van der Waals surface area contributed by atoms with Crippen LogP contribution in [0.5, 0.6) is 5.75 Å². The van der Waals surface area contributed by atoms with Gasteiger partial charge in [-0.05, 0) is 37.1 Å². The van der Waals surface area contributed by atoms with Crippen molar-refractivity contribution in [2.75, 3.05) is 11.5 Å². The van der Waals surface area contributed by atoms with Crippen molar-refractivity contribution in [2.24, 2.45) is 0 Å². The van der Waals surface area contributed by atoms with Gasteiger partial charge in [0, 0.05) is 0 Å². The third-order valence-corrected chi connectivity index (χ3v) is 4.44. The molecule has 2 unspecified atom stereocenters. The van der Waals surface area contributed by atoms with Gasteiger partial charge in [0.05, 0.1) is 11.5 Å². The molecule has 2 atom stereocenters. The highest BCUT2D eigenvalue weighted by atomic mass is 32.2. The number of hydrogen-bond donors (Lipinski definition) is 1. The van der Waals surface area contributed by atoms with Crippen LogP contribution in [-0.2, 0) is 9.84 Å². The second-order valence-corrected chi connectivity index (χ2v) is 6.78. The normalized spacial score (nSPS) is 27.0. The summed E-state index contributed by atoms with van der Waals surface area (Å²) in [6.07, 6.45) is -1.58. The third-order valence-electron chi connectivity index (χ3n) is 2.75. The van der Waals surface area contributed by atoms with Crippen molar-refractivity contribution < 1.29 is 18.3 Å². The minimum Gasteiger partial charge on any atom is -0.487 e. The van der Waals surface area contributed by atoms with E-state index in [1.807, 2.05) is 32.0 Å². The lowest BCUT2D eigenvalue weighted by Gasteiger charge is -2.16. The van der Waals surface area contributed by atoms with Crippen LogP contribution >= 0.6 is 0 Å². The maximum atomic E-state index is 11.3. The van der Waals surface area contributed by atoms with Gasteiger partial charge in [-0.25, -0.2) is 8.42 Å². The quantitative estimate of drug-likeness (QED) is 0.851. The van der Waals surface area contributed by atoms with Crippen molar-refractivity contribution >= 4 is 9.84 Å². The van der Waals surface area contributed by atoms with E-state index in [0.29, 0.717) is 5.75 Å². The number of sulfone groups is 1. The summed E-state index contributed by atoms with van der Waals surface area (Å²) in [4.78, 5) is 0. The predicted molar refractivity (Wildman–Crippen MR) is 65.0 cm³/mol. The first-order chi connectivity index (χ1) is 7.85. The topological polar surface area (TPSA) is 63.6 Å². The van der Waals surface area contributed by atoms with Crippen LogP contribution in [0.25, 0.3) is 0 Å². The Labute approximate surface area is 101 Å². The molecule has 1 fully saturated rings. The summed E-state index contributed by atoms with van der Waals surface area (Å²) < 4.78 is 28.2. The first-order valence-corrected chi connectivity index (χ1v) is 7.31. The Balaban J connectivity index is 2.16. The summed E-state index contributed by atoms with van der Waals surface area (Å²) in [7, 11) is -3.16. The molecule has 0 spiro atoms. The lowest BCUT2D eigenvalue weighted by molar-refractivity contribution is 0.0737. The summed E-state index contributed by atoms with van der Waals surface area (Å²) in [5.74, 6) is 0.299. The summed E-state index contributed by atoms with van der Waals surface area (Å²) in [5.41, 5.74) is 2.10. The fourth-order valence-electron chi connectivity index (χ4n) is 2.09. The van der Waals surface area contributed by atoms with Crippen LogP contribution in [0.15, 0.2) is 18.2 Å². The summed E-state index contributed by atoms with van der Waals surface area (Å²) in [6.45, 7) is 3.89. The van der Waals surface area contributed by atoms with Gasteiger partial charge in [0.2, 0.25) is 0 Å². The zero-order valence-electron chi connectivity index (χ0n) is 9.88. The molecule has 0 bridgehead atoms. The SMILES string of the molecule is Cc1cc(C)cc(OC2CS(=O)(=O)CC2O)c1. The number of ether oxygens (including phenoxy) is 1. The Morgan fingerprint density at radius 2 is 1.76 bits per heavy atom.